The van der Waals surface area contributed by atoms with Crippen LogP contribution in [0.15, 0.2) is 23.1 Å². The maximum absolute atomic E-state index is 13.3. The first kappa shape index (κ1) is 30.2. The Morgan fingerprint density at radius 2 is 1.79 bits per heavy atom. The fourth-order valence-corrected chi connectivity index (χ4v) is 7.51. The van der Waals surface area contributed by atoms with Crippen LogP contribution in [0.3, 0.4) is 0 Å². The number of rotatable bonds is 12. The van der Waals surface area contributed by atoms with Gasteiger partial charge in [-0.05, 0) is 85.9 Å². The van der Waals surface area contributed by atoms with E-state index in [9.17, 15) is 33.6 Å². The number of ketones is 1. The van der Waals surface area contributed by atoms with E-state index in [4.69, 9.17) is 0 Å². The van der Waals surface area contributed by atoms with Crippen molar-refractivity contribution in [3.63, 3.8) is 0 Å². The largest absolute Gasteiger partial charge is 0.353 e. The predicted octanol–water partition coefficient (Wildman–Crippen LogP) is 0.286. The quantitative estimate of drug-likeness (QED) is 0.192. The molecule has 4 saturated carbocycles. The number of anilines is 1. The van der Waals surface area contributed by atoms with Gasteiger partial charge in [0.05, 0.1) is 0 Å². The Hall–Kier alpha value is -4.27. The highest BCUT2D eigenvalue weighted by Crippen LogP contribution is 2.53. The average molecular weight is 612 g/mol. The summed E-state index contributed by atoms with van der Waals surface area (Å²) in [6, 6.07) is 1.62. The third-order valence-electron chi connectivity index (χ3n) is 8.74. The standard InChI is InChI=1S/C28H33N7O7S/c1-29-26(40)21(37)5-4-18(30-27(41)24-20(13-36)33-34-43-24)25(39)31-19-3-2-6-35(28(19)42)12-22(38)32-23-16-8-14-7-15(10-16)11-17(23)9-14/h2-3,6,13-18,23H,4-5,7-12H2,1H3,(H,29,40)(H,30,41)(H,31,39)(H,32,38)/t14?,15?,16?,17?,18-,23?/m0/s1. The molecule has 0 radical (unpaired) electrons. The van der Waals surface area contributed by atoms with E-state index in [1.54, 1.807) is 0 Å². The summed E-state index contributed by atoms with van der Waals surface area (Å²) in [7, 11) is 1.29. The molecule has 2 aromatic rings. The summed E-state index contributed by atoms with van der Waals surface area (Å²) in [5.41, 5.74) is -0.988. The van der Waals surface area contributed by atoms with Gasteiger partial charge in [-0.15, -0.1) is 5.10 Å². The SMILES string of the molecule is CNC(=O)C(=O)CC[C@H](NC(=O)c1snnc1C=O)C(=O)Nc1cccn(CC(=O)NC2C3CC4CC(C3)CC2C4)c1=O. The molecule has 4 amide bonds. The van der Waals surface area contributed by atoms with Gasteiger partial charge in [-0.1, -0.05) is 4.49 Å². The van der Waals surface area contributed by atoms with Crippen LogP contribution in [0.2, 0.25) is 0 Å². The molecule has 4 aliphatic rings. The molecule has 4 N–H and O–H groups in total. The third-order valence-corrected chi connectivity index (χ3v) is 9.48. The fourth-order valence-electron chi connectivity index (χ4n) is 6.98. The number of likely N-dealkylation sites (N-methyl/N-ethyl adjacent to an activating group) is 1. The summed E-state index contributed by atoms with van der Waals surface area (Å²) in [6.07, 6.45) is 7.00. The molecule has 0 aromatic carbocycles. The number of aromatic nitrogens is 3. The number of hydrogen-bond donors (Lipinski definition) is 4. The Labute approximate surface area is 250 Å². The fraction of sp³-hybridized carbons (Fsp3) is 0.536. The smallest absolute Gasteiger partial charge is 0.287 e. The second-order valence-electron chi connectivity index (χ2n) is 11.5. The molecule has 0 spiro atoms. The lowest BCUT2D eigenvalue weighted by Gasteiger charge is -2.54. The lowest BCUT2D eigenvalue weighted by Crippen LogP contribution is -2.56. The van der Waals surface area contributed by atoms with E-state index in [0.29, 0.717) is 29.7 Å². The number of Topliss-reactive ketones (excluding diaryl/α,β-unsaturated/α-hetero) is 1. The molecule has 0 unspecified atom stereocenters. The maximum atomic E-state index is 13.3. The summed E-state index contributed by atoms with van der Waals surface area (Å²) in [5, 5.41) is 13.8. The Bertz CT molecular complexity index is 1470. The highest BCUT2D eigenvalue weighted by Gasteiger charge is 2.48. The van der Waals surface area contributed by atoms with Gasteiger partial charge in [0.2, 0.25) is 17.6 Å². The maximum Gasteiger partial charge on any atom is 0.287 e. The first-order chi connectivity index (χ1) is 20.7. The molecule has 4 aliphatic carbocycles. The van der Waals surface area contributed by atoms with Crippen molar-refractivity contribution in [1.82, 2.24) is 30.1 Å². The van der Waals surface area contributed by atoms with E-state index in [0.717, 1.165) is 37.5 Å². The molecule has 43 heavy (non-hydrogen) atoms. The number of pyridine rings is 1. The summed E-state index contributed by atoms with van der Waals surface area (Å²) in [6.45, 7) is -0.223. The number of amides is 4. The molecular formula is C28H33N7O7S. The number of aldehydes is 1. The van der Waals surface area contributed by atoms with Gasteiger partial charge in [-0.2, -0.15) is 0 Å². The van der Waals surface area contributed by atoms with Crippen LogP contribution in [-0.2, 0) is 25.7 Å². The minimum Gasteiger partial charge on any atom is -0.353 e. The number of nitrogens with zero attached hydrogens (tertiary/aromatic N) is 3. The Morgan fingerprint density at radius 3 is 2.44 bits per heavy atom. The lowest BCUT2D eigenvalue weighted by molar-refractivity contribution is -0.137. The molecule has 15 heteroatoms. The molecule has 4 fully saturated rings. The number of nitrogens with one attached hydrogen (secondary N) is 4. The topological polar surface area (TPSA) is 198 Å². The van der Waals surface area contributed by atoms with Crippen molar-refractivity contribution in [1.29, 1.82) is 0 Å². The highest BCUT2D eigenvalue weighted by atomic mass is 32.1. The monoisotopic (exact) mass is 611 g/mol. The van der Waals surface area contributed by atoms with Gasteiger partial charge in [0, 0.05) is 25.7 Å². The molecule has 1 atom stereocenters. The molecule has 4 bridgehead atoms. The summed E-state index contributed by atoms with van der Waals surface area (Å²) in [5.74, 6) is -1.13. The average Bonchev–Trinajstić information content (AvgIpc) is 3.47. The van der Waals surface area contributed by atoms with Crippen molar-refractivity contribution in [2.24, 2.45) is 23.7 Å². The van der Waals surface area contributed by atoms with Crippen molar-refractivity contribution >= 4 is 52.9 Å². The van der Waals surface area contributed by atoms with E-state index in [-0.39, 0.29) is 47.6 Å². The van der Waals surface area contributed by atoms with Crippen LogP contribution in [0.5, 0.6) is 0 Å². The van der Waals surface area contributed by atoms with Crippen LogP contribution in [0, 0.1) is 23.7 Å². The van der Waals surface area contributed by atoms with Crippen molar-refractivity contribution < 1.29 is 28.8 Å². The third kappa shape index (κ3) is 6.71. The van der Waals surface area contributed by atoms with Crippen LogP contribution in [-0.4, -0.2) is 69.0 Å². The summed E-state index contributed by atoms with van der Waals surface area (Å²) < 4.78 is 4.76. The van der Waals surface area contributed by atoms with Gasteiger partial charge in [0.25, 0.3) is 17.4 Å². The first-order valence-electron chi connectivity index (χ1n) is 14.3. The zero-order chi connectivity index (χ0) is 30.7. The molecule has 2 heterocycles. The van der Waals surface area contributed by atoms with Gasteiger partial charge in [-0.3, -0.25) is 33.6 Å². The molecule has 6 rings (SSSR count). The van der Waals surface area contributed by atoms with Crippen LogP contribution >= 0.6 is 11.5 Å². The van der Waals surface area contributed by atoms with Crippen molar-refractivity contribution in [3.05, 3.63) is 39.3 Å². The minimum atomic E-state index is -1.36. The lowest BCUT2D eigenvalue weighted by atomic mass is 9.54. The predicted molar refractivity (Wildman–Crippen MR) is 153 cm³/mol. The molecule has 0 aliphatic heterocycles. The highest BCUT2D eigenvalue weighted by molar-refractivity contribution is 7.08. The summed E-state index contributed by atoms with van der Waals surface area (Å²) >= 11 is 0.644. The van der Waals surface area contributed by atoms with Crippen molar-refractivity contribution in [3.8, 4) is 0 Å². The van der Waals surface area contributed by atoms with Gasteiger partial charge < -0.3 is 25.8 Å². The van der Waals surface area contributed by atoms with E-state index in [1.807, 2.05) is 0 Å². The first-order valence-corrected chi connectivity index (χ1v) is 15.1. The normalized spacial score (nSPS) is 24.1. The number of carbonyl (C=O) groups is 6. The minimum absolute atomic E-state index is 0.120. The van der Waals surface area contributed by atoms with E-state index in [2.05, 4.69) is 30.9 Å². The van der Waals surface area contributed by atoms with Crippen molar-refractivity contribution in [2.45, 2.75) is 63.6 Å². The second kappa shape index (κ2) is 12.9. The van der Waals surface area contributed by atoms with Crippen molar-refractivity contribution in [2.75, 3.05) is 12.4 Å². The molecule has 2 aromatic heterocycles. The van der Waals surface area contributed by atoms with E-state index < -0.39 is 35.1 Å². The van der Waals surface area contributed by atoms with Crippen LogP contribution in [0.4, 0.5) is 5.69 Å². The Balaban J connectivity index is 1.25. The van der Waals surface area contributed by atoms with Crippen LogP contribution in [0.25, 0.3) is 0 Å². The van der Waals surface area contributed by atoms with Crippen LogP contribution < -0.4 is 26.8 Å². The summed E-state index contributed by atoms with van der Waals surface area (Å²) in [4.78, 5) is 87.1. The van der Waals surface area contributed by atoms with Gasteiger partial charge in [0.1, 0.15) is 23.2 Å². The Kier molecular flexibility index (Phi) is 9.08. The molecular weight excluding hydrogens is 578 g/mol. The Morgan fingerprint density at radius 1 is 1.09 bits per heavy atom. The molecule has 14 nitrogen and oxygen atoms in total. The zero-order valence-corrected chi connectivity index (χ0v) is 24.4. The number of hydrogen-bond acceptors (Lipinski definition) is 10. The molecule has 228 valence electrons. The van der Waals surface area contributed by atoms with Gasteiger partial charge in [-0.25, -0.2) is 0 Å². The number of carbonyl (C=O) groups excluding carboxylic acids is 6. The zero-order valence-electron chi connectivity index (χ0n) is 23.5. The van der Waals surface area contributed by atoms with E-state index >= 15 is 0 Å². The molecule has 0 saturated heterocycles. The second-order valence-corrected chi connectivity index (χ2v) is 12.3. The van der Waals surface area contributed by atoms with Crippen LogP contribution in [0.1, 0.15) is 65.1 Å². The van der Waals surface area contributed by atoms with Gasteiger partial charge in [0.15, 0.2) is 12.0 Å². The van der Waals surface area contributed by atoms with Gasteiger partial charge >= 0.3 is 0 Å². The van der Waals surface area contributed by atoms with E-state index in [1.165, 1.54) is 36.4 Å².